The summed E-state index contributed by atoms with van der Waals surface area (Å²) in [6.45, 7) is 16.2. The first-order chi connectivity index (χ1) is 20.8. The van der Waals surface area contributed by atoms with Gasteiger partial charge in [0, 0.05) is 30.9 Å². The van der Waals surface area contributed by atoms with Crippen LogP contribution in [-0.4, -0.2) is 60.5 Å². The molecule has 5 rings (SSSR count). The van der Waals surface area contributed by atoms with Crippen LogP contribution < -0.4 is 16.3 Å². The molecule has 10 nitrogen and oxygen atoms in total. The van der Waals surface area contributed by atoms with Gasteiger partial charge in [-0.1, -0.05) is 51.9 Å². The Labute approximate surface area is 260 Å². The van der Waals surface area contributed by atoms with Gasteiger partial charge in [0.1, 0.15) is 18.0 Å². The van der Waals surface area contributed by atoms with Crippen LogP contribution in [0.4, 0.5) is 15.9 Å². The maximum Gasteiger partial charge on any atom is 0.355 e. The summed E-state index contributed by atoms with van der Waals surface area (Å²) in [4.78, 5) is 49.1. The monoisotopic (exact) mass is 618 g/mol. The standard InChI is InChI=1S/C32H36ClFN8O2/c1-8-24(43)41-18(6)13-40(14-19(41)7)30-20-12-21(33)28(25-22(34)10-9-11-23(25)35)38-31(20)42(32(44)39-30)29-26(16(2)3)36-15-37-27(29)17(4)5/h8-12,15-19H,1,13-14,35H2,2-7H3. The van der Waals surface area contributed by atoms with E-state index in [0.29, 0.717) is 41.4 Å². The highest BCUT2D eigenvalue weighted by molar-refractivity contribution is 6.34. The zero-order valence-electron chi connectivity index (χ0n) is 25.7. The number of rotatable bonds is 6. The first-order valence-corrected chi connectivity index (χ1v) is 15.0. The van der Waals surface area contributed by atoms with Crippen LogP contribution in [0.5, 0.6) is 0 Å². The molecule has 2 atom stereocenters. The summed E-state index contributed by atoms with van der Waals surface area (Å²) < 4.78 is 16.6. The normalized spacial score (nSPS) is 17.1. The number of nitrogen functional groups attached to an aromatic ring is 1. The maximum absolute atomic E-state index is 15.2. The second kappa shape index (κ2) is 12.0. The molecule has 0 radical (unpaired) electrons. The summed E-state index contributed by atoms with van der Waals surface area (Å²) in [5, 5.41) is 0.617. The van der Waals surface area contributed by atoms with Crippen LogP contribution in [0.3, 0.4) is 0 Å². The highest BCUT2D eigenvalue weighted by Gasteiger charge is 2.34. The Bertz CT molecular complexity index is 1780. The van der Waals surface area contributed by atoms with Gasteiger partial charge in [-0.3, -0.25) is 4.79 Å². The van der Waals surface area contributed by atoms with Gasteiger partial charge in [0.2, 0.25) is 5.91 Å². The number of anilines is 2. The fraction of sp³-hybridized carbons (Fsp3) is 0.375. The molecule has 2 N–H and O–H groups in total. The predicted molar refractivity (Wildman–Crippen MR) is 172 cm³/mol. The first-order valence-electron chi connectivity index (χ1n) is 14.6. The number of halogens is 2. The number of aromatic nitrogens is 5. The van der Waals surface area contributed by atoms with E-state index in [0.717, 1.165) is 0 Å². The molecule has 1 aliphatic heterocycles. The zero-order valence-corrected chi connectivity index (χ0v) is 26.4. The number of nitrogens with two attached hydrogens (primary N) is 1. The number of pyridine rings is 1. The number of benzene rings is 1. The second-order valence-corrected chi connectivity index (χ2v) is 12.2. The van der Waals surface area contributed by atoms with Gasteiger partial charge < -0.3 is 15.5 Å². The molecule has 2 unspecified atom stereocenters. The van der Waals surface area contributed by atoms with Crippen LogP contribution in [-0.2, 0) is 4.79 Å². The van der Waals surface area contributed by atoms with E-state index in [1.54, 1.807) is 17.0 Å². The van der Waals surface area contributed by atoms with Crippen LogP contribution in [0.25, 0.3) is 28.0 Å². The minimum Gasteiger partial charge on any atom is -0.398 e. The third-order valence-corrected chi connectivity index (χ3v) is 8.22. The third-order valence-electron chi connectivity index (χ3n) is 7.93. The van der Waals surface area contributed by atoms with Gasteiger partial charge in [0.15, 0.2) is 5.65 Å². The van der Waals surface area contributed by atoms with E-state index in [-0.39, 0.29) is 57.4 Å². The SMILES string of the molecule is C=CC(=O)N1C(C)CN(c2nc(=O)n(-c3c(C(C)C)ncnc3C(C)C)c3nc(-c4c(N)cccc4F)c(Cl)cc23)CC1C. The molecule has 0 bridgehead atoms. The lowest BCUT2D eigenvalue weighted by Crippen LogP contribution is -2.58. The summed E-state index contributed by atoms with van der Waals surface area (Å²) in [6, 6.07) is 5.60. The Morgan fingerprint density at radius 1 is 1.09 bits per heavy atom. The highest BCUT2D eigenvalue weighted by Crippen LogP contribution is 2.38. The molecule has 1 aliphatic rings. The van der Waals surface area contributed by atoms with Crippen molar-refractivity contribution in [1.82, 2.24) is 29.4 Å². The van der Waals surface area contributed by atoms with Gasteiger partial charge in [0.25, 0.3) is 0 Å². The molecule has 3 aromatic heterocycles. The average Bonchev–Trinajstić information content (AvgIpc) is 2.96. The number of nitrogens with zero attached hydrogens (tertiary/aromatic N) is 7. The van der Waals surface area contributed by atoms with Crippen LogP contribution >= 0.6 is 11.6 Å². The van der Waals surface area contributed by atoms with Crippen molar-refractivity contribution in [3.8, 4) is 16.9 Å². The summed E-state index contributed by atoms with van der Waals surface area (Å²) in [7, 11) is 0. The van der Waals surface area contributed by atoms with Crippen molar-refractivity contribution in [2.75, 3.05) is 23.7 Å². The Balaban J connectivity index is 1.87. The third kappa shape index (κ3) is 5.29. The van der Waals surface area contributed by atoms with Gasteiger partial charge in [-0.2, -0.15) is 4.98 Å². The van der Waals surface area contributed by atoms with Crippen molar-refractivity contribution in [3.05, 3.63) is 76.0 Å². The Morgan fingerprint density at radius 2 is 1.70 bits per heavy atom. The van der Waals surface area contributed by atoms with E-state index in [1.165, 1.54) is 29.1 Å². The smallest absolute Gasteiger partial charge is 0.355 e. The van der Waals surface area contributed by atoms with E-state index >= 15 is 4.39 Å². The molecular weight excluding hydrogens is 583 g/mol. The minimum atomic E-state index is -0.599. The van der Waals surface area contributed by atoms with E-state index < -0.39 is 11.5 Å². The van der Waals surface area contributed by atoms with Crippen molar-refractivity contribution in [3.63, 3.8) is 0 Å². The molecule has 1 fully saturated rings. The van der Waals surface area contributed by atoms with E-state index in [1.807, 2.05) is 46.4 Å². The predicted octanol–water partition coefficient (Wildman–Crippen LogP) is 5.47. The van der Waals surface area contributed by atoms with Crippen LogP contribution in [0.15, 0.2) is 48.0 Å². The molecule has 0 spiro atoms. The lowest BCUT2D eigenvalue weighted by atomic mass is 10.0. The lowest BCUT2D eigenvalue weighted by molar-refractivity contribution is -0.130. The van der Waals surface area contributed by atoms with Gasteiger partial charge in [-0.25, -0.2) is 28.7 Å². The summed E-state index contributed by atoms with van der Waals surface area (Å²) in [5.41, 5.74) is 7.88. The largest absolute Gasteiger partial charge is 0.398 e. The van der Waals surface area contributed by atoms with Crippen molar-refractivity contribution in [1.29, 1.82) is 0 Å². The van der Waals surface area contributed by atoms with Gasteiger partial charge in [0.05, 0.1) is 38.7 Å². The molecule has 12 heteroatoms. The molecule has 0 saturated carbocycles. The van der Waals surface area contributed by atoms with Crippen LogP contribution in [0.1, 0.15) is 64.8 Å². The average molecular weight is 619 g/mol. The molecule has 1 saturated heterocycles. The number of piperazine rings is 1. The first kappa shape index (κ1) is 31.1. The quantitative estimate of drug-likeness (QED) is 0.223. The molecule has 1 amide bonds. The van der Waals surface area contributed by atoms with Crippen molar-refractivity contribution < 1.29 is 9.18 Å². The summed E-state index contributed by atoms with van der Waals surface area (Å²) in [5.74, 6) is -0.540. The second-order valence-electron chi connectivity index (χ2n) is 11.8. The highest BCUT2D eigenvalue weighted by atomic mass is 35.5. The van der Waals surface area contributed by atoms with Gasteiger partial charge in [-0.15, -0.1) is 0 Å². The maximum atomic E-state index is 15.2. The van der Waals surface area contributed by atoms with Crippen molar-refractivity contribution in [2.45, 2.75) is 65.5 Å². The Hall–Kier alpha value is -4.38. The van der Waals surface area contributed by atoms with E-state index in [9.17, 15) is 9.59 Å². The fourth-order valence-corrected chi connectivity index (χ4v) is 6.28. The number of carbonyl (C=O) groups excluding carboxylic acids is 1. The number of amides is 1. The molecule has 230 valence electrons. The zero-order chi connectivity index (χ0) is 32.0. The molecule has 1 aromatic carbocycles. The van der Waals surface area contributed by atoms with Crippen LogP contribution in [0, 0.1) is 5.82 Å². The Morgan fingerprint density at radius 3 is 2.25 bits per heavy atom. The number of carbonyl (C=O) groups is 1. The molecule has 4 aromatic rings. The fourth-order valence-electron chi connectivity index (χ4n) is 6.03. The molecule has 0 aliphatic carbocycles. The molecule has 44 heavy (non-hydrogen) atoms. The van der Waals surface area contributed by atoms with Gasteiger partial charge >= 0.3 is 5.69 Å². The summed E-state index contributed by atoms with van der Waals surface area (Å²) in [6.07, 6.45) is 2.80. The molecule has 4 heterocycles. The summed E-state index contributed by atoms with van der Waals surface area (Å²) >= 11 is 6.83. The Kier molecular flexibility index (Phi) is 8.44. The number of hydrogen-bond donors (Lipinski definition) is 1. The van der Waals surface area contributed by atoms with Crippen molar-refractivity contribution in [2.24, 2.45) is 0 Å². The van der Waals surface area contributed by atoms with Crippen LogP contribution in [0.2, 0.25) is 5.02 Å². The van der Waals surface area contributed by atoms with E-state index in [4.69, 9.17) is 22.3 Å². The number of hydrogen-bond acceptors (Lipinski definition) is 8. The van der Waals surface area contributed by atoms with E-state index in [2.05, 4.69) is 21.5 Å². The number of fused-ring (bicyclic) bond motifs is 1. The van der Waals surface area contributed by atoms with Gasteiger partial charge in [-0.05, 0) is 50.0 Å². The minimum absolute atomic E-state index is 0.0352. The van der Waals surface area contributed by atoms with Crippen molar-refractivity contribution >= 4 is 40.0 Å². The molecular formula is C32H36ClFN8O2. The lowest BCUT2D eigenvalue weighted by Gasteiger charge is -2.44. The topological polar surface area (TPSA) is 123 Å².